The van der Waals surface area contributed by atoms with Crippen LogP contribution in [-0.2, 0) is 4.74 Å². The summed E-state index contributed by atoms with van der Waals surface area (Å²) in [6.45, 7) is 2.55. The summed E-state index contributed by atoms with van der Waals surface area (Å²) in [6.07, 6.45) is 4.71. The van der Waals surface area contributed by atoms with Gasteiger partial charge in [-0.25, -0.2) is 9.59 Å². The summed E-state index contributed by atoms with van der Waals surface area (Å²) >= 11 is 0. The number of nitrogens with zero attached hydrogens (tertiary/aromatic N) is 1. The summed E-state index contributed by atoms with van der Waals surface area (Å²) in [5.41, 5.74) is 2.51. The van der Waals surface area contributed by atoms with Crippen molar-refractivity contribution in [3.05, 3.63) is 89.5 Å². The van der Waals surface area contributed by atoms with E-state index in [9.17, 15) is 9.59 Å². The Morgan fingerprint density at radius 1 is 0.788 bits per heavy atom. The first-order chi connectivity index (χ1) is 16.1. The van der Waals surface area contributed by atoms with Crippen molar-refractivity contribution in [2.75, 3.05) is 13.7 Å². The zero-order valence-corrected chi connectivity index (χ0v) is 18.8. The van der Waals surface area contributed by atoms with E-state index in [1.54, 1.807) is 74.0 Å². The molecule has 3 rings (SSSR count). The van der Waals surface area contributed by atoms with Crippen molar-refractivity contribution in [1.29, 1.82) is 0 Å². The zero-order chi connectivity index (χ0) is 23.5. The number of hydrogen-bond acceptors (Lipinski definition) is 6. The number of benzene rings is 3. The number of carbonyl (C=O) groups is 2. The third kappa shape index (κ3) is 7.31. The molecule has 0 radical (unpaired) electrons. The maximum atomic E-state index is 12.2. The molecular weight excluding hydrogens is 418 g/mol. The molecule has 170 valence electrons. The number of carbonyl (C=O) groups excluding carboxylic acids is 2. The Hall–Kier alpha value is -3.93. The summed E-state index contributed by atoms with van der Waals surface area (Å²) in [5, 5.41) is 0. The van der Waals surface area contributed by atoms with Crippen LogP contribution >= 0.6 is 0 Å². The van der Waals surface area contributed by atoms with E-state index in [0.717, 1.165) is 24.8 Å². The second-order valence-electron chi connectivity index (χ2n) is 7.34. The van der Waals surface area contributed by atoms with Crippen LogP contribution < -0.4 is 9.47 Å². The Morgan fingerprint density at radius 2 is 1.39 bits per heavy atom. The lowest BCUT2D eigenvalue weighted by atomic mass is 10.2. The molecule has 0 bridgehead atoms. The van der Waals surface area contributed by atoms with Crippen LogP contribution in [0.4, 0.5) is 5.69 Å². The van der Waals surface area contributed by atoms with E-state index in [4.69, 9.17) is 14.2 Å². The van der Waals surface area contributed by atoms with Gasteiger partial charge >= 0.3 is 11.9 Å². The molecule has 0 atom stereocenters. The van der Waals surface area contributed by atoms with Crippen molar-refractivity contribution in [3.63, 3.8) is 0 Å². The molecule has 6 nitrogen and oxygen atoms in total. The van der Waals surface area contributed by atoms with Gasteiger partial charge in [0.1, 0.15) is 11.5 Å². The van der Waals surface area contributed by atoms with Crippen LogP contribution in [0.2, 0.25) is 0 Å². The molecule has 0 aromatic heterocycles. The number of aliphatic imine (C=N–C) groups is 1. The van der Waals surface area contributed by atoms with Crippen molar-refractivity contribution in [2.45, 2.75) is 26.2 Å². The molecule has 0 heterocycles. The molecule has 6 heteroatoms. The van der Waals surface area contributed by atoms with Crippen LogP contribution in [0, 0.1) is 0 Å². The first-order valence-corrected chi connectivity index (χ1v) is 10.9. The average Bonchev–Trinajstić information content (AvgIpc) is 2.86. The molecule has 3 aromatic carbocycles. The number of unbranched alkanes of at least 4 members (excludes halogenated alkanes) is 2. The van der Waals surface area contributed by atoms with E-state index >= 15 is 0 Å². The normalized spacial score (nSPS) is 10.7. The fraction of sp³-hybridized carbons (Fsp3) is 0.222. The van der Waals surface area contributed by atoms with Gasteiger partial charge in [-0.15, -0.1) is 0 Å². The van der Waals surface area contributed by atoms with Crippen LogP contribution in [0.15, 0.2) is 77.8 Å². The Morgan fingerprint density at radius 3 is 2.03 bits per heavy atom. The van der Waals surface area contributed by atoms with E-state index in [1.165, 1.54) is 0 Å². The molecule has 0 saturated carbocycles. The molecule has 33 heavy (non-hydrogen) atoms. The van der Waals surface area contributed by atoms with Crippen LogP contribution in [-0.4, -0.2) is 31.9 Å². The summed E-state index contributed by atoms with van der Waals surface area (Å²) in [5.74, 6) is 0.353. The Labute approximate surface area is 193 Å². The highest BCUT2D eigenvalue weighted by molar-refractivity contribution is 5.91. The molecule has 0 aliphatic heterocycles. The SMILES string of the molecule is CCCCCOC(=O)c1ccc(N=Cc2ccc(OC(=O)c3ccc(OC)cc3)cc2)cc1. The first kappa shape index (κ1) is 23.7. The molecule has 0 N–H and O–H groups in total. The molecule has 0 aliphatic rings. The van der Waals surface area contributed by atoms with Crippen LogP contribution in [0.5, 0.6) is 11.5 Å². The minimum atomic E-state index is -0.442. The largest absolute Gasteiger partial charge is 0.497 e. The van der Waals surface area contributed by atoms with Crippen molar-refractivity contribution in [3.8, 4) is 11.5 Å². The minimum Gasteiger partial charge on any atom is -0.497 e. The summed E-state index contributed by atoms with van der Waals surface area (Å²) in [4.78, 5) is 28.7. The van der Waals surface area contributed by atoms with Gasteiger partial charge < -0.3 is 14.2 Å². The van der Waals surface area contributed by atoms with E-state index < -0.39 is 5.97 Å². The first-order valence-electron chi connectivity index (χ1n) is 10.9. The highest BCUT2D eigenvalue weighted by Crippen LogP contribution is 2.18. The van der Waals surface area contributed by atoms with Crippen LogP contribution in [0.25, 0.3) is 0 Å². The average molecular weight is 446 g/mol. The van der Waals surface area contributed by atoms with Crippen LogP contribution in [0.1, 0.15) is 52.5 Å². The lowest BCUT2D eigenvalue weighted by molar-refractivity contribution is 0.0498. The highest BCUT2D eigenvalue weighted by atomic mass is 16.5. The third-order valence-electron chi connectivity index (χ3n) is 4.86. The Balaban J connectivity index is 1.53. The highest BCUT2D eigenvalue weighted by Gasteiger charge is 2.09. The quantitative estimate of drug-likeness (QED) is 0.165. The fourth-order valence-corrected chi connectivity index (χ4v) is 2.95. The molecule has 0 spiro atoms. The number of esters is 2. The van der Waals surface area contributed by atoms with E-state index in [1.807, 2.05) is 12.1 Å². The number of hydrogen-bond donors (Lipinski definition) is 0. The lowest BCUT2D eigenvalue weighted by Crippen LogP contribution is -2.08. The molecule has 0 amide bonds. The third-order valence-corrected chi connectivity index (χ3v) is 4.86. The van der Waals surface area contributed by atoms with Gasteiger partial charge in [0.05, 0.1) is 30.5 Å². The van der Waals surface area contributed by atoms with Crippen molar-refractivity contribution in [1.82, 2.24) is 0 Å². The predicted octanol–water partition coefficient (Wildman–Crippen LogP) is 6.01. The van der Waals surface area contributed by atoms with Gasteiger partial charge in [0.2, 0.25) is 0 Å². The molecule has 0 saturated heterocycles. The van der Waals surface area contributed by atoms with Gasteiger partial charge in [-0.3, -0.25) is 4.99 Å². The zero-order valence-electron chi connectivity index (χ0n) is 18.8. The van der Waals surface area contributed by atoms with E-state index in [-0.39, 0.29) is 5.97 Å². The van der Waals surface area contributed by atoms with Crippen LogP contribution in [0.3, 0.4) is 0 Å². The predicted molar refractivity (Wildman–Crippen MR) is 128 cm³/mol. The summed E-state index contributed by atoms with van der Waals surface area (Å²) in [6, 6.07) is 20.7. The smallest absolute Gasteiger partial charge is 0.343 e. The molecule has 3 aromatic rings. The molecular formula is C27H27NO5. The second kappa shape index (κ2) is 12.2. The van der Waals surface area contributed by atoms with E-state index in [2.05, 4.69) is 11.9 Å². The lowest BCUT2D eigenvalue weighted by Gasteiger charge is -2.05. The topological polar surface area (TPSA) is 74.2 Å². The monoisotopic (exact) mass is 445 g/mol. The molecule has 0 unspecified atom stereocenters. The van der Waals surface area contributed by atoms with Gasteiger partial charge in [0.25, 0.3) is 0 Å². The standard InChI is InChI=1S/C27H27NO5/c1-3-4-5-18-32-26(29)21-8-12-23(13-9-21)28-19-20-6-14-25(15-7-20)33-27(30)22-10-16-24(31-2)17-11-22/h6-17,19H,3-5,18H2,1-2H3. The van der Waals surface area contributed by atoms with Gasteiger partial charge in [-0.05, 0) is 84.8 Å². The Kier molecular flexibility index (Phi) is 8.77. The number of rotatable bonds is 10. The van der Waals surface area contributed by atoms with Crippen molar-refractivity contribution >= 4 is 23.8 Å². The van der Waals surface area contributed by atoms with Crippen molar-refractivity contribution < 1.29 is 23.8 Å². The maximum Gasteiger partial charge on any atom is 0.343 e. The van der Waals surface area contributed by atoms with Gasteiger partial charge in [0, 0.05) is 6.21 Å². The second-order valence-corrected chi connectivity index (χ2v) is 7.34. The van der Waals surface area contributed by atoms with Gasteiger partial charge in [-0.1, -0.05) is 19.8 Å². The maximum absolute atomic E-state index is 12.2. The fourth-order valence-electron chi connectivity index (χ4n) is 2.95. The van der Waals surface area contributed by atoms with Crippen molar-refractivity contribution in [2.24, 2.45) is 4.99 Å². The molecule has 0 fully saturated rings. The summed E-state index contributed by atoms with van der Waals surface area (Å²) < 4.78 is 15.7. The van der Waals surface area contributed by atoms with E-state index in [0.29, 0.717) is 34.9 Å². The van der Waals surface area contributed by atoms with Gasteiger partial charge in [-0.2, -0.15) is 0 Å². The van der Waals surface area contributed by atoms with Gasteiger partial charge in [0.15, 0.2) is 0 Å². The molecule has 0 aliphatic carbocycles. The number of methoxy groups -OCH3 is 1. The minimum absolute atomic E-state index is 0.318. The number of ether oxygens (including phenoxy) is 3. The Bertz CT molecular complexity index is 1070. The summed E-state index contributed by atoms with van der Waals surface area (Å²) in [7, 11) is 1.57.